The molecule has 2 aromatic heterocycles. The molecule has 3 heterocycles. The van der Waals surface area contributed by atoms with E-state index in [2.05, 4.69) is 53.4 Å². The van der Waals surface area contributed by atoms with Crippen LogP contribution in [0, 0.1) is 18.7 Å². The summed E-state index contributed by atoms with van der Waals surface area (Å²) >= 11 is 0. The number of likely N-dealkylation sites (tertiary alicyclic amines) is 1. The highest BCUT2D eigenvalue weighted by atomic mass is 19.1. The predicted molar refractivity (Wildman–Crippen MR) is 140 cm³/mol. The van der Waals surface area contributed by atoms with E-state index in [9.17, 15) is 9.18 Å². The Morgan fingerprint density at radius 1 is 1.00 bits per heavy atom. The lowest BCUT2D eigenvalue weighted by molar-refractivity contribution is 0.0763. The van der Waals surface area contributed by atoms with Crippen molar-refractivity contribution in [1.82, 2.24) is 19.7 Å². The van der Waals surface area contributed by atoms with Gasteiger partial charge in [-0.1, -0.05) is 36.4 Å². The second-order valence-corrected chi connectivity index (χ2v) is 10.2. The number of carbonyl (C=O) groups excluding carboxylic acids is 1. The van der Waals surface area contributed by atoms with Gasteiger partial charge in [0.1, 0.15) is 11.5 Å². The quantitative estimate of drug-likeness (QED) is 0.327. The molecule has 3 aromatic carbocycles. The van der Waals surface area contributed by atoms with Gasteiger partial charge in [0.05, 0.1) is 17.4 Å². The van der Waals surface area contributed by atoms with Gasteiger partial charge in [-0.3, -0.25) is 9.78 Å². The van der Waals surface area contributed by atoms with Crippen LogP contribution >= 0.6 is 0 Å². The zero-order valence-electron chi connectivity index (χ0n) is 20.4. The van der Waals surface area contributed by atoms with Gasteiger partial charge in [-0.2, -0.15) is 5.10 Å². The van der Waals surface area contributed by atoms with Gasteiger partial charge in [-0.05, 0) is 78.1 Å². The Morgan fingerprint density at radius 3 is 2.54 bits per heavy atom. The Labute approximate surface area is 214 Å². The number of halogens is 1. The van der Waals surface area contributed by atoms with Crippen molar-refractivity contribution in [2.45, 2.75) is 18.3 Å². The zero-order valence-corrected chi connectivity index (χ0v) is 20.4. The summed E-state index contributed by atoms with van der Waals surface area (Å²) in [6, 6.07) is 26.9. The molecule has 1 aliphatic carbocycles. The molecule has 2 fully saturated rings. The van der Waals surface area contributed by atoms with E-state index in [0.717, 1.165) is 16.6 Å². The Hall–Kier alpha value is -4.32. The second-order valence-electron chi connectivity index (χ2n) is 10.2. The van der Waals surface area contributed by atoms with Gasteiger partial charge in [-0.25, -0.2) is 9.07 Å². The summed E-state index contributed by atoms with van der Waals surface area (Å²) in [7, 11) is 0. The Kier molecular flexibility index (Phi) is 4.80. The highest BCUT2D eigenvalue weighted by Crippen LogP contribution is 2.69. The number of amides is 1. The van der Waals surface area contributed by atoms with Crippen LogP contribution < -0.4 is 0 Å². The van der Waals surface area contributed by atoms with Crippen LogP contribution in [-0.4, -0.2) is 38.7 Å². The van der Waals surface area contributed by atoms with Crippen molar-refractivity contribution in [2.24, 2.45) is 5.92 Å². The van der Waals surface area contributed by atoms with E-state index < -0.39 is 0 Å². The van der Waals surface area contributed by atoms with Crippen molar-refractivity contribution in [1.29, 1.82) is 0 Å². The fourth-order valence-electron chi connectivity index (χ4n) is 6.54. The molecule has 1 saturated carbocycles. The Bertz CT molecular complexity index is 1630. The molecule has 3 atom stereocenters. The van der Waals surface area contributed by atoms with E-state index in [-0.39, 0.29) is 17.1 Å². The largest absolute Gasteiger partial charge is 0.336 e. The first kappa shape index (κ1) is 21.9. The summed E-state index contributed by atoms with van der Waals surface area (Å²) in [4.78, 5) is 19.6. The van der Waals surface area contributed by atoms with Crippen molar-refractivity contribution < 1.29 is 9.18 Å². The molecule has 1 saturated heterocycles. The van der Waals surface area contributed by atoms with E-state index in [1.165, 1.54) is 28.8 Å². The minimum atomic E-state index is -0.268. The first-order valence-corrected chi connectivity index (χ1v) is 12.6. The first-order chi connectivity index (χ1) is 18.1. The summed E-state index contributed by atoms with van der Waals surface area (Å²) in [6.45, 7) is 3.51. The molecule has 2 aliphatic rings. The molecule has 5 aromatic rings. The number of nitrogens with zero attached hydrogens (tertiary/aromatic N) is 4. The number of piperidine rings is 1. The van der Waals surface area contributed by atoms with Crippen molar-refractivity contribution in [3.63, 3.8) is 0 Å². The van der Waals surface area contributed by atoms with Crippen molar-refractivity contribution in [3.8, 4) is 5.69 Å². The molecule has 0 radical (unpaired) electrons. The molecule has 37 heavy (non-hydrogen) atoms. The minimum Gasteiger partial charge on any atom is -0.336 e. The third-order valence-corrected chi connectivity index (χ3v) is 8.20. The average molecular weight is 489 g/mol. The summed E-state index contributed by atoms with van der Waals surface area (Å²) in [5, 5.41) is 5.66. The maximum absolute atomic E-state index is 13.5. The second kappa shape index (κ2) is 8.10. The van der Waals surface area contributed by atoms with Gasteiger partial charge in [0.2, 0.25) is 0 Å². The number of carbonyl (C=O) groups is 1. The van der Waals surface area contributed by atoms with Gasteiger partial charge in [0.25, 0.3) is 5.91 Å². The highest BCUT2D eigenvalue weighted by Gasteiger charge is 2.71. The molecule has 182 valence electrons. The Balaban J connectivity index is 1.31. The van der Waals surface area contributed by atoms with Crippen LogP contribution in [0.5, 0.6) is 0 Å². The van der Waals surface area contributed by atoms with Crippen molar-refractivity contribution in [2.75, 3.05) is 13.1 Å². The van der Waals surface area contributed by atoms with Crippen LogP contribution in [0.15, 0.2) is 97.3 Å². The van der Waals surface area contributed by atoms with E-state index in [1.807, 2.05) is 34.0 Å². The SMILES string of the molecule is Cc1cc2c(cnn2-c2ccc(F)cc2)cc1[C@]12CN(C(=O)c3ccccn3)C[C@H]1[C@@H]2c1ccccc1. The summed E-state index contributed by atoms with van der Waals surface area (Å²) in [5.74, 6) is 0.410. The topological polar surface area (TPSA) is 51.0 Å². The molecule has 0 bridgehead atoms. The van der Waals surface area contributed by atoms with Crippen LogP contribution in [0.1, 0.15) is 33.1 Å². The molecule has 0 N–H and O–H groups in total. The normalized spacial score (nSPS) is 22.3. The number of rotatable bonds is 4. The van der Waals surface area contributed by atoms with Crippen LogP contribution in [0.4, 0.5) is 4.39 Å². The lowest BCUT2D eigenvalue weighted by Gasteiger charge is -2.25. The monoisotopic (exact) mass is 488 g/mol. The van der Waals surface area contributed by atoms with Crippen LogP contribution in [0.25, 0.3) is 16.6 Å². The molecule has 0 unspecified atom stereocenters. The highest BCUT2D eigenvalue weighted by molar-refractivity contribution is 5.93. The summed E-state index contributed by atoms with van der Waals surface area (Å²) in [5.41, 5.74) is 5.91. The standard InChI is InChI=1S/C31H25FN4O/c1-20-15-28-22(17-34-36(28)24-12-10-23(32)11-13-24)16-25(20)31-19-35(30(37)27-9-5-6-14-33-27)18-26(31)29(31)21-7-3-2-4-8-21/h2-17,26,29H,18-19H2,1H3/t26-,29-,31+/m0/s1. The number of aryl methyl sites for hydroxylation is 1. The zero-order chi connectivity index (χ0) is 25.1. The predicted octanol–water partition coefficient (Wildman–Crippen LogP) is 5.68. The van der Waals surface area contributed by atoms with E-state index in [4.69, 9.17) is 0 Å². The van der Waals surface area contributed by atoms with Gasteiger partial charge in [0, 0.05) is 36.0 Å². The maximum atomic E-state index is 13.5. The van der Waals surface area contributed by atoms with E-state index in [0.29, 0.717) is 30.6 Å². The first-order valence-electron chi connectivity index (χ1n) is 12.6. The molecular weight excluding hydrogens is 463 g/mol. The van der Waals surface area contributed by atoms with Gasteiger partial charge >= 0.3 is 0 Å². The van der Waals surface area contributed by atoms with Crippen molar-refractivity contribution in [3.05, 3.63) is 126 Å². The molecule has 6 heteroatoms. The third kappa shape index (κ3) is 3.32. The molecule has 1 aliphatic heterocycles. The molecule has 1 amide bonds. The number of hydrogen-bond acceptors (Lipinski definition) is 3. The summed E-state index contributed by atoms with van der Waals surface area (Å²) in [6.07, 6.45) is 3.54. The Morgan fingerprint density at radius 2 is 1.78 bits per heavy atom. The minimum absolute atomic E-state index is 0.0122. The smallest absolute Gasteiger partial charge is 0.272 e. The molecule has 5 nitrogen and oxygen atoms in total. The van der Waals surface area contributed by atoms with Gasteiger partial charge in [0.15, 0.2) is 0 Å². The lowest BCUT2D eigenvalue weighted by atomic mass is 9.86. The van der Waals surface area contributed by atoms with E-state index in [1.54, 1.807) is 24.4 Å². The molecule has 0 spiro atoms. The van der Waals surface area contributed by atoms with Crippen LogP contribution in [0.3, 0.4) is 0 Å². The fourth-order valence-corrected chi connectivity index (χ4v) is 6.54. The average Bonchev–Trinajstić information content (AvgIpc) is 3.19. The maximum Gasteiger partial charge on any atom is 0.272 e. The third-order valence-electron chi connectivity index (χ3n) is 8.20. The molecular formula is C31H25FN4O. The van der Waals surface area contributed by atoms with Gasteiger partial charge in [-0.15, -0.1) is 0 Å². The fraction of sp³-hybridized carbons (Fsp3) is 0.194. The number of benzene rings is 3. The molecule has 7 rings (SSSR count). The summed E-state index contributed by atoms with van der Waals surface area (Å²) < 4.78 is 15.3. The number of pyridine rings is 1. The van der Waals surface area contributed by atoms with Crippen molar-refractivity contribution >= 4 is 16.8 Å². The lowest BCUT2D eigenvalue weighted by Crippen LogP contribution is -2.35. The van der Waals surface area contributed by atoms with Crippen LogP contribution in [0.2, 0.25) is 0 Å². The number of aromatic nitrogens is 3. The number of hydrogen-bond donors (Lipinski definition) is 0. The van der Waals surface area contributed by atoms with E-state index >= 15 is 0 Å². The van der Waals surface area contributed by atoms with Crippen LogP contribution in [-0.2, 0) is 5.41 Å². The van der Waals surface area contributed by atoms with Gasteiger partial charge < -0.3 is 4.90 Å². The number of fused-ring (bicyclic) bond motifs is 2.